The highest BCUT2D eigenvalue weighted by molar-refractivity contribution is 7.98. The van der Waals surface area contributed by atoms with E-state index in [4.69, 9.17) is 0 Å². The molecule has 5 heteroatoms. The summed E-state index contributed by atoms with van der Waals surface area (Å²) in [6, 6.07) is 7.85. The van der Waals surface area contributed by atoms with Gasteiger partial charge in [0.2, 0.25) is 5.91 Å². The number of benzene rings is 1. The second kappa shape index (κ2) is 5.72. The predicted octanol–water partition coefficient (Wildman–Crippen LogP) is 2.57. The average Bonchev–Trinajstić information content (AvgIpc) is 2.52. The molecule has 2 aliphatic rings. The van der Waals surface area contributed by atoms with Gasteiger partial charge >= 0.3 is 0 Å². The Morgan fingerprint density at radius 3 is 2.67 bits per heavy atom. The van der Waals surface area contributed by atoms with Gasteiger partial charge in [0.25, 0.3) is 5.91 Å². The van der Waals surface area contributed by atoms with Gasteiger partial charge in [0.1, 0.15) is 12.1 Å². The number of piperazine rings is 1. The quantitative estimate of drug-likeness (QED) is 0.854. The molecule has 0 atom stereocenters. The topological polar surface area (TPSA) is 49.4 Å². The molecule has 0 radical (unpaired) electrons. The normalized spacial score (nSPS) is 21.5. The summed E-state index contributed by atoms with van der Waals surface area (Å²) in [4.78, 5) is 27.8. The first-order valence-electron chi connectivity index (χ1n) is 7.42. The molecule has 1 spiro atoms. The lowest BCUT2D eigenvalue weighted by atomic mass is 9.79. The fourth-order valence-electron chi connectivity index (χ4n) is 3.31. The van der Waals surface area contributed by atoms with Crippen molar-refractivity contribution in [2.75, 3.05) is 17.7 Å². The molecule has 1 N–H and O–H groups in total. The van der Waals surface area contributed by atoms with E-state index in [1.165, 1.54) is 0 Å². The Balaban J connectivity index is 1.93. The molecule has 3 rings (SSSR count). The van der Waals surface area contributed by atoms with Crippen molar-refractivity contribution in [2.45, 2.75) is 42.5 Å². The number of thioether (sulfide) groups is 1. The Morgan fingerprint density at radius 1 is 1.19 bits per heavy atom. The highest BCUT2D eigenvalue weighted by atomic mass is 32.2. The lowest BCUT2D eigenvalue weighted by molar-refractivity contribution is -0.137. The van der Waals surface area contributed by atoms with Crippen molar-refractivity contribution in [3.05, 3.63) is 24.3 Å². The van der Waals surface area contributed by atoms with Crippen LogP contribution < -0.4 is 10.2 Å². The molecule has 0 unspecified atom stereocenters. The van der Waals surface area contributed by atoms with Crippen LogP contribution in [0.15, 0.2) is 29.2 Å². The van der Waals surface area contributed by atoms with E-state index in [-0.39, 0.29) is 18.4 Å². The third kappa shape index (κ3) is 2.67. The maximum atomic E-state index is 13.0. The maximum Gasteiger partial charge on any atom is 0.253 e. The standard InChI is InChI=1S/C16H20N2O2S/c1-21-13-7-5-6-12(10-13)18-11-14(19)17-16(15(18)20)8-3-2-4-9-16/h5-7,10H,2-4,8-9,11H2,1H3,(H,17,19). The number of carbonyl (C=O) groups excluding carboxylic acids is 2. The zero-order chi connectivity index (χ0) is 14.9. The summed E-state index contributed by atoms with van der Waals surface area (Å²) in [6.45, 7) is 0.123. The van der Waals surface area contributed by atoms with Crippen LogP contribution in [0.1, 0.15) is 32.1 Å². The molecule has 2 fully saturated rings. The second-order valence-electron chi connectivity index (χ2n) is 5.78. The minimum Gasteiger partial charge on any atom is -0.340 e. The predicted molar refractivity (Wildman–Crippen MR) is 84.5 cm³/mol. The Bertz CT molecular complexity index is 567. The van der Waals surface area contributed by atoms with Crippen LogP contribution in [-0.2, 0) is 9.59 Å². The number of hydrogen-bond acceptors (Lipinski definition) is 3. The van der Waals surface area contributed by atoms with Crippen molar-refractivity contribution in [3.8, 4) is 0 Å². The van der Waals surface area contributed by atoms with Gasteiger partial charge in [-0.3, -0.25) is 9.59 Å². The maximum absolute atomic E-state index is 13.0. The molecule has 1 aliphatic heterocycles. The van der Waals surface area contributed by atoms with Crippen molar-refractivity contribution in [2.24, 2.45) is 0 Å². The molecule has 1 aliphatic carbocycles. The zero-order valence-electron chi connectivity index (χ0n) is 12.2. The van der Waals surface area contributed by atoms with E-state index in [1.807, 2.05) is 30.5 Å². The first-order chi connectivity index (χ1) is 10.1. The fraction of sp³-hybridized carbons (Fsp3) is 0.500. The highest BCUT2D eigenvalue weighted by Gasteiger charge is 2.47. The van der Waals surface area contributed by atoms with Gasteiger partial charge in [-0.15, -0.1) is 11.8 Å². The van der Waals surface area contributed by atoms with Gasteiger partial charge < -0.3 is 10.2 Å². The number of hydrogen-bond donors (Lipinski definition) is 1. The van der Waals surface area contributed by atoms with E-state index in [2.05, 4.69) is 5.32 Å². The summed E-state index contributed by atoms with van der Waals surface area (Å²) in [6.07, 6.45) is 6.68. The minimum absolute atomic E-state index is 0.0499. The van der Waals surface area contributed by atoms with Crippen molar-refractivity contribution >= 4 is 29.3 Å². The van der Waals surface area contributed by atoms with Crippen LogP contribution in [0.25, 0.3) is 0 Å². The van der Waals surface area contributed by atoms with E-state index in [0.717, 1.165) is 42.7 Å². The van der Waals surface area contributed by atoms with Crippen LogP contribution in [0.4, 0.5) is 5.69 Å². The molecule has 1 heterocycles. The molecule has 2 amide bonds. The lowest BCUT2D eigenvalue weighted by Gasteiger charge is -2.44. The molecule has 4 nitrogen and oxygen atoms in total. The van der Waals surface area contributed by atoms with Gasteiger partial charge in [-0.05, 0) is 37.3 Å². The number of rotatable bonds is 2. The summed E-state index contributed by atoms with van der Waals surface area (Å²) < 4.78 is 0. The first-order valence-corrected chi connectivity index (χ1v) is 8.64. The van der Waals surface area contributed by atoms with Gasteiger partial charge in [-0.2, -0.15) is 0 Å². The van der Waals surface area contributed by atoms with Crippen LogP contribution in [0, 0.1) is 0 Å². The van der Waals surface area contributed by atoms with Crippen molar-refractivity contribution in [3.63, 3.8) is 0 Å². The SMILES string of the molecule is CSc1cccc(N2CC(=O)NC3(CCCCC3)C2=O)c1. The highest BCUT2D eigenvalue weighted by Crippen LogP contribution is 2.34. The largest absolute Gasteiger partial charge is 0.340 e. The Labute approximate surface area is 129 Å². The van der Waals surface area contributed by atoms with Crippen molar-refractivity contribution < 1.29 is 9.59 Å². The van der Waals surface area contributed by atoms with E-state index < -0.39 is 5.54 Å². The number of nitrogens with zero attached hydrogens (tertiary/aromatic N) is 1. The Hall–Kier alpha value is -1.49. The van der Waals surface area contributed by atoms with Crippen LogP contribution in [0.3, 0.4) is 0 Å². The van der Waals surface area contributed by atoms with Crippen LogP contribution in [-0.4, -0.2) is 30.2 Å². The van der Waals surface area contributed by atoms with Crippen LogP contribution in [0.2, 0.25) is 0 Å². The lowest BCUT2D eigenvalue weighted by Crippen LogP contribution is -2.67. The number of nitrogens with one attached hydrogen (secondary N) is 1. The number of amides is 2. The molecule has 1 saturated heterocycles. The zero-order valence-corrected chi connectivity index (χ0v) is 13.0. The monoisotopic (exact) mass is 304 g/mol. The van der Waals surface area contributed by atoms with Crippen LogP contribution in [0.5, 0.6) is 0 Å². The summed E-state index contributed by atoms with van der Waals surface area (Å²) >= 11 is 1.64. The van der Waals surface area contributed by atoms with Gasteiger partial charge in [0, 0.05) is 10.6 Å². The third-order valence-corrected chi connectivity index (χ3v) is 5.13. The molecule has 0 aromatic heterocycles. The Kier molecular flexibility index (Phi) is 3.93. The number of carbonyl (C=O) groups is 2. The van der Waals surface area contributed by atoms with Crippen LogP contribution >= 0.6 is 11.8 Å². The molecule has 1 aromatic rings. The van der Waals surface area contributed by atoms with E-state index in [1.54, 1.807) is 16.7 Å². The van der Waals surface area contributed by atoms with E-state index in [0.29, 0.717) is 0 Å². The summed E-state index contributed by atoms with van der Waals surface area (Å²) in [5.41, 5.74) is 0.162. The molecule has 21 heavy (non-hydrogen) atoms. The number of anilines is 1. The van der Waals surface area contributed by atoms with E-state index >= 15 is 0 Å². The minimum atomic E-state index is -0.664. The average molecular weight is 304 g/mol. The summed E-state index contributed by atoms with van der Waals surface area (Å²) in [7, 11) is 0. The molecule has 1 saturated carbocycles. The molecular formula is C16H20N2O2S. The smallest absolute Gasteiger partial charge is 0.253 e. The third-order valence-electron chi connectivity index (χ3n) is 4.41. The first kappa shape index (κ1) is 14.4. The van der Waals surface area contributed by atoms with Gasteiger partial charge in [0.15, 0.2) is 0 Å². The van der Waals surface area contributed by atoms with Gasteiger partial charge in [0.05, 0.1) is 0 Å². The van der Waals surface area contributed by atoms with Crippen molar-refractivity contribution in [1.82, 2.24) is 5.32 Å². The Morgan fingerprint density at radius 2 is 1.95 bits per heavy atom. The molecular weight excluding hydrogens is 284 g/mol. The van der Waals surface area contributed by atoms with Crippen molar-refractivity contribution in [1.29, 1.82) is 0 Å². The van der Waals surface area contributed by atoms with Gasteiger partial charge in [-0.25, -0.2) is 0 Å². The van der Waals surface area contributed by atoms with E-state index in [9.17, 15) is 9.59 Å². The molecule has 0 bridgehead atoms. The molecule has 112 valence electrons. The van der Waals surface area contributed by atoms with Gasteiger partial charge in [-0.1, -0.05) is 25.3 Å². The molecule has 1 aromatic carbocycles. The summed E-state index contributed by atoms with van der Waals surface area (Å²) in [5, 5.41) is 2.97. The fourth-order valence-corrected chi connectivity index (χ4v) is 3.77. The second-order valence-corrected chi connectivity index (χ2v) is 6.66. The summed E-state index contributed by atoms with van der Waals surface area (Å²) in [5.74, 6) is 0.00566.